The highest BCUT2D eigenvalue weighted by Gasteiger charge is 2.17. The topological polar surface area (TPSA) is 29.1 Å². The molecule has 1 atom stereocenters. The van der Waals surface area contributed by atoms with Crippen molar-refractivity contribution in [3.63, 3.8) is 0 Å². The molecule has 2 nitrogen and oxygen atoms in total. The van der Waals surface area contributed by atoms with Gasteiger partial charge in [0.05, 0.1) is 0 Å². The van der Waals surface area contributed by atoms with E-state index < -0.39 is 0 Å². The quantitative estimate of drug-likeness (QED) is 0.0641. The molecule has 0 bridgehead atoms. The smallest absolute Gasteiger partial charge is 0.223 e. The van der Waals surface area contributed by atoms with Gasteiger partial charge in [-0.1, -0.05) is 258 Å². The number of carbonyl (C=O) groups is 1. The zero-order valence-corrected chi connectivity index (χ0v) is 34.0. The summed E-state index contributed by atoms with van der Waals surface area (Å²) in [4.78, 5) is 13.2. The average Bonchev–Trinajstić information content (AvgIpc) is 3.09. The van der Waals surface area contributed by atoms with Crippen LogP contribution in [-0.4, -0.2) is 12.5 Å². The highest BCUT2D eigenvalue weighted by atomic mass is 16.1. The molecule has 0 rings (SSSR count). The Bertz CT molecular complexity index is 589. The van der Waals surface area contributed by atoms with Crippen LogP contribution in [0.1, 0.15) is 278 Å². The fourth-order valence-electron chi connectivity index (χ4n) is 7.55. The van der Waals surface area contributed by atoms with Gasteiger partial charge in [0, 0.05) is 12.5 Å². The van der Waals surface area contributed by atoms with Crippen molar-refractivity contribution >= 4 is 5.91 Å². The third-order valence-corrected chi connectivity index (χ3v) is 11.0. The fraction of sp³-hybridized carbons (Fsp3) is 0.978. The van der Waals surface area contributed by atoms with Crippen LogP contribution >= 0.6 is 0 Å². The van der Waals surface area contributed by atoms with E-state index in [0.717, 1.165) is 25.8 Å². The molecule has 0 saturated heterocycles. The Hall–Kier alpha value is -0.530. The number of rotatable bonds is 42. The highest BCUT2D eigenvalue weighted by Crippen LogP contribution is 2.21. The first-order valence-corrected chi connectivity index (χ1v) is 23.0. The number of hydrogen-bond donors (Lipinski definition) is 1. The van der Waals surface area contributed by atoms with Crippen molar-refractivity contribution in [1.82, 2.24) is 5.32 Å². The van der Waals surface area contributed by atoms with Crippen LogP contribution < -0.4 is 5.32 Å². The monoisotopic (exact) mass is 676 g/mol. The molecule has 0 radical (unpaired) electrons. The van der Waals surface area contributed by atoms with Gasteiger partial charge >= 0.3 is 0 Å². The van der Waals surface area contributed by atoms with Crippen LogP contribution in [0.3, 0.4) is 0 Å². The minimum absolute atomic E-state index is 0.254. The van der Waals surface area contributed by atoms with Crippen LogP contribution in [-0.2, 0) is 4.79 Å². The third kappa shape index (κ3) is 38.3. The normalized spacial score (nSPS) is 12.1. The van der Waals surface area contributed by atoms with Gasteiger partial charge in [0.2, 0.25) is 5.91 Å². The molecule has 2 heteroatoms. The van der Waals surface area contributed by atoms with Crippen LogP contribution in [0.15, 0.2) is 0 Å². The van der Waals surface area contributed by atoms with E-state index in [1.54, 1.807) is 0 Å². The van der Waals surface area contributed by atoms with Crippen molar-refractivity contribution in [2.75, 3.05) is 6.54 Å². The van der Waals surface area contributed by atoms with Crippen LogP contribution in [0.4, 0.5) is 0 Å². The zero-order chi connectivity index (χ0) is 34.9. The number of amides is 1. The molecule has 48 heavy (non-hydrogen) atoms. The second kappa shape index (κ2) is 42.6. The van der Waals surface area contributed by atoms with E-state index in [9.17, 15) is 4.79 Å². The van der Waals surface area contributed by atoms with Crippen molar-refractivity contribution < 1.29 is 4.79 Å². The number of hydrogen-bond acceptors (Lipinski definition) is 1. The lowest BCUT2D eigenvalue weighted by atomic mass is 9.93. The summed E-state index contributed by atoms with van der Waals surface area (Å²) in [6, 6.07) is 0. The molecule has 0 fully saturated rings. The Kier molecular flexibility index (Phi) is 42.2. The van der Waals surface area contributed by atoms with Crippen molar-refractivity contribution in [3.8, 4) is 0 Å². The van der Waals surface area contributed by atoms with Gasteiger partial charge in [-0.2, -0.15) is 0 Å². The molecule has 1 N–H and O–H groups in total. The second-order valence-corrected chi connectivity index (χ2v) is 15.9. The molecular weight excluding hydrogens is 583 g/mol. The number of unbranched alkanes of at least 4 members (excludes halogenated alkanes) is 35. The molecule has 0 aliphatic rings. The van der Waals surface area contributed by atoms with E-state index in [-0.39, 0.29) is 5.92 Å². The largest absolute Gasteiger partial charge is 0.356 e. The molecule has 0 saturated carbocycles. The van der Waals surface area contributed by atoms with E-state index in [4.69, 9.17) is 0 Å². The Morgan fingerprint density at radius 2 is 0.521 bits per heavy atom. The van der Waals surface area contributed by atoms with E-state index in [0.29, 0.717) is 5.91 Å². The predicted octanol–water partition coefficient (Wildman–Crippen LogP) is 16.4. The first-order chi connectivity index (χ1) is 23.8. The van der Waals surface area contributed by atoms with Gasteiger partial charge in [0.15, 0.2) is 0 Å². The molecule has 0 aliphatic heterocycles. The summed E-state index contributed by atoms with van der Waals surface area (Å²) < 4.78 is 0. The Morgan fingerprint density at radius 1 is 0.312 bits per heavy atom. The Morgan fingerprint density at radius 3 is 0.771 bits per heavy atom. The lowest BCUT2D eigenvalue weighted by Crippen LogP contribution is -2.31. The molecule has 0 aromatic heterocycles. The summed E-state index contributed by atoms with van der Waals surface area (Å²) in [6.07, 6.45) is 55.1. The highest BCUT2D eigenvalue weighted by molar-refractivity contribution is 5.78. The van der Waals surface area contributed by atoms with Gasteiger partial charge in [-0.15, -0.1) is 0 Å². The molecule has 288 valence electrons. The van der Waals surface area contributed by atoms with Gasteiger partial charge < -0.3 is 5.32 Å². The first-order valence-electron chi connectivity index (χ1n) is 23.0. The van der Waals surface area contributed by atoms with Crippen LogP contribution in [0.2, 0.25) is 0 Å². The van der Waals surface area contributed by atoms with Gasteiger partial charge in [0.1, 0.15) is 0 Å². The summed E-state index contributed by atoms with van der Waals surface area (Å²) in [7, 11) is 0. The van der Waals surface area contributed by atoms with E-state index in [2.05, 4.69) is 26.1 Å². The fourth-order valence-corrected chi connectivity index (χ4v) is 7.55. The molecular formula is C46H93NO. The SMILES string of the molecule is CCCCCCCCCCCCCCCCCCNC(=O)C(CCCCCCCC)CCCCCCCCCCCCCCCCCC. The van der Waals surface area contributed by atoms with Gasteiger partial charge in [0.25, 0.3) is 0 Å². The maximum atomic E-state index is 13.2. The summed E-state index contributed by atoms with van der Waals surface area (Å²) in [5, 5.41) is 3.36. The lowest BCUT2D eigenvalue weighted by molar-refractivity contribution is -0.125. The molecule has 0 aromatic rings. The van der Waals surface area contributed by atoms with Gasteiger partial charge in [-0.25, -0.2) is 0 Å². The first kappa shape index (κ1) is 47.5. The zero-order valence-electron chi connectivity index (χ0n) is 34.0. The van der Waals surface area contributed by atoms with Gasteiger partial charge in [-0.3, -0.25) is 4.79 Å². The minimum atomic E-state index is 0.254. The summed E-state index contributed by atoms with van der Waals surface area (Å²) in [5.41, 5.74) is 0. The summed E-state index contributed by atoms with van der Waals surface area (Å²) >= 11 is 0. The van der Waals surface area contributed by atoms with Crippen molar-refractivity contribution in [2.24, 2.45) is 5.92 Å². The summed E-state index contributed by atoms with van der Waals surface area (Å²) in [6.45, 7) is 7.79. The maximum Gasteiger partial charge on any atom is 0.223 e. The van der Waals surface area contributed by atoms with E-state index in [1.807, 2.05) is 0 Å². The molecule has 0 spiro atoms. The molecule has 1 unspecified atom stereocenters. The molecule has 1 amide bonds. The maximum absolute atomic E-state index is 13.2. The number of carbonyl (C=O) groups excluding carboxylic acids is 1. The predicted molar refractivity (Wildman–Crippen MR) is 218 cm³/mol. The van der Waals surface area contributed by atoms with Crippen molar-refractivity contribution in [1.29, 1.82) is 0 Å². The van der Waals surface area contributed by atoms with E-state index in [1.165, 1.54) is 238 Å². The standard InChI is InChI=1S/C46H93NO/c1-4-7-10-13-16-18-20-22-24-26-28-30-32-34-37-40-43-45(42-39-36-15-12-9-6-3)46(48)47-44-41-38-35-33-31-29-27-25-23-21-19-17-14-11-8-5-2/h45H,4-44H2,1-3H3,(H,47,48). The molecule has 0 heterocycles. The van der Waals surface area contributed by atoms with Crippen LogP contribution in [0.5, 0.6) is 0 Å². The van der Waals surface area contributed by atoms with Crippen LogP contribution in [0.25, 0.3) is 0 Å². The van der Waals surface area contributed by atoms with Crippen LogP contribution in [0, 0.1) is 5.92 Å². The van der Waals surface area contributed by atoms with Gasteiger partial charge in [-0.05, 0) is 19.3 Å². The Labute approximate surface area is 305 Å². The summed E-state index contributed by atoms with van der Waals surface area (Å²) in [5.74, 6) is 0.620. The molecule has 0 aliphatic carbocycles. The molecule has 0 aromatic carbocycles. The lowest BCUT2D eigenvalue weighted by Gasteiger charge is -2.17. The number of nitrogens with one attached hydrogen (secondary N) is 1. The third-order valence-electron chi connectivity index (χ3n) is 11.0. The van der Waals surface area contributed by atoms with Crippen molar-refractivity contribution in [3.05, 3.63) is 0 Å². The van der Waals surface area contributed by atoms with Crippen molar-refractivity contribution in [2.45, 2.75) is 278 Å². The van der Waals surface area contributed by atoms with E-state index >= 15 is 0 Å². The minimum Gasteiger partial charge on any atom is -0.356 e. The average molecular weight is 676 g/mol. The second-order valence-electron chi connectivity index (χ2n) is 15.9. The Balaban J connectivity index is 3.84.